The van der Waals surface area contributed by atoms with E-state index in [9.17, 15) is 9.59 Å². The lowest BCUT2D eigenvalue weighted by Crippen LogP contribution is -2.38. The molecule has 1 aliphatic heterocycles. The predicted octanol–water partition coefficient (Wildman–Crippen LogP) is 2.29. The van der Waals surface area contributed by atoms with Gasteiger partial charge in [0.25, 0.3) is 0 Å². The predicted molar refractivity (Wildman–Crippen MR) is 68.5 cm³/mol. The first-order chi connectivity index (χ1) is 8.26. The Morgan fingerprint density at radius 3 is 1.44 bits per heavy atom. The van der Waals surface area contributed by atoms with Gasteiger partial charge in [0.2, 0.25) is 0 Å². The molecule has 1 aliphatic rings. The molecule has 18 heavy (non-hydrogen) atoms. The molecule has 0 amide bonds. The van der Waals surface area contributed by atoms with Crippen LogP contribution in [0.15, 0.2) is 0 Å². The van der Waals surface area contributed by atoms with Gasteiger partial charge >= 0.3 is 0 Å². The Labute approximate surface area is 109 Å². The monoisotopic (exact) mass is 256 g/mol. The Bertz CT molecular complexity index is 286. The molecular formula is C14H24O4. The molecule has 104 valence electrons. The van der Waals surface area contributed by atoms with Gasteiger partial charge in [-0.3, -0.25) is 9.59 Å². The summed E-state index contributed by atoms with van der Waals surface area (Å²) < 4.78 is 11.2. The molecule has 0 spiro atoms. The largest absolute Gasteiger partial charge is 0.368 e. The highest BCUT2D eigenvalue weighted by atomic mass is 16.5. The van der Waals surface area contributed by atoms with Crippen molar-refractivity contribution in [2.45, 2.75) is 64.6 Å². The van der Waals surface area contributed by atoms with Gasteiger partial charge in [0.05, 0.1) is 0 Å². The molecule has 4 heteroatoms. The summed E-state index contributed by atoms with van der Waals surface area (Å²) in [5.41, 5.74) is -1.50. The molecule has 0 N–H and O–H groups in total. The third-order valence-corrected chi connectivity index (χ3v) is 3.37. The topological polar surface area (TPSA) is 52.6 Å². The van der Waals surface area contributed by atoms with Crippen LogP contribution in [0, 0.1) is 0 Å². The number of ether oxygens (including phenoxy) is 2. The first kappa shape index (κ1) is 15.3. The maximum absolute atomic E-state index is 11.9. The second-order valence-corrected chi connectivity index (χ2v) is 5.77. The zero-order valence-electron chi connectivity index (χ0n) is 11.9. The van der Waals surface area contributed by atoms with E-state index in [4.69, 9.17) is 9.47 Å². The van der Waals surface area contributed by atoms with Crippen molar-refractivity contribution in [2.75, 3.05) is 13.2 Å². The van der Waals surface area contributed by atoms with Gasteiger partial charge in [0, 0.05) is 26.1 Å². The van der Waals surface area contributed by atoms with Crippen molar-refractivity contribution in [3.63, 3.8) is 0 Å². The average Bonchev–Trinajstić information content (AvgIpc) is 2.28. The van der Waals surface area contributed by atoms with Gasteiger partial charge in [-0.05, 0) is 40.5 Å². The van der Waals surface area contributed by atoms with E-state index in [1.165, 1.54) is 0 Å². The highest BCUT2D eigenvalue weighted by molar-refractivity contribution is 5.87. The summed E-state index contributed by atoms with van der Waals surface area (Å²) in [5, 5.41) is 0. The number of ketones is 2. The Kier molecular flexibility index (Phi) is 5.05. The minimum Gasteiger partial charge on any atom is -0.368 e. The number of Topliss-reactive ketones (excluding diaryl/α,β-unsaturated/α-hetero) is 2. The van der Waals surface area contributed by atoms with Crippen molar-refractivity contribution in [3.05, 3.63) is 0 Å². The van der Waals surface area contributed by atoms with Gasteiger partial charge in [0.1, 0.15) is 11.2 Å². The van der Waals surface area contributed by atoms with E-state index in [1.54, 1.807) is 27.7 Å². The van der Waals surface area contributed by atoms with Crippen LogP contribution >= 0.6 is 0 Å². The van der Waals surface area contributed by atoms with E-state index in [-0.39, 0.29) is 11.6 Å². The fraction of sp³-hybridized carbons (Fsp3) is 0.857. The lowest BCUT2D eigenvalue weighted by Gasteiger charge is -2.27. The van der Waals surface area contributed by atoms with Crippen LogP contribution in [0.4, 0.5) is 0 Å². The van der Waals surface area contributed by atoms with Crippen molar-refractivity contribution in [3.8, 4) is 0 Å². The molecule has 0 saturated carbocycles. The molecule has 0 aromatic carbocycles. The van der Waals surface area contributed by atoms with Gasteiger partial charge in [-0.2, -0.15) is 0 Å². The maximum atomic E-state index is 11.9. The van der Waals surface area contributed by atoms with Crippen LogP contribution in [0.5, 0.6) is 0 Å². The fourth-order valence-electron chi connectivity index (χ4n) is 1.88. The number of carbonyl (C=O) groups is 2. The highest BCUT2D eigenvalue weighted by Gasteiger charge is 2.31. The summed E-state index contributed by atoms with van der Waals surface area (Å²) in [6.45, 7) is 8.00. The third-order valence-electron chi connectivity index (χ3n) is 3.37. The molecule has 1 heterocycles. The summed E-state index contributed by atoms with van der Waals surface area (Å²) in [7, 11) is 0. The average molecular weight is 256 g/mol. The SMILES string of the molecule is CC1(C)OCCCC(=O)C(C)(C)OCCCC1=O. The van der Waals surface area contributed by atoms with Gasteiger partial charge in [-0.25, -0.2) is 0 Å². The number of hydrogen-bond donors (Lipinski definition) is 0. The molecule has 0 aromatic heterocycles. The van der Waals surface area contributed by atoms with Crippen LogP contribution in [0.25, 0.3) is 0 Å². The lowest BCUT2D eigenvalue weighted by molar-refractivity contribution is -0.146. The molecule has 1 rings (SSSR count). The Morgan fingerprint density at radius 2 is 1.11 bits per heavy atom. The summed E-state index contributed by atoms with van der Waals surface area (Å²) in [4.78, 5) is 23.9. The standard InChI is InChI=1S/C14H24O4/c1-13(2)11(15)7-5-10-18-14(3,4)12(16)8-6-9-17-13/h5-10H2,1-4H3. The lowest BCUT2D eigenvalue weighted by atomic mass is 9.97. The molecule has 0 atom stereocenters. The summed E-state index contributed by atoms with van der Waals surface area (Å²) in [6, 6.07) is 0. The molecule has 0 unspecified atom stereocenters. The maximum Gasteiger partial charge on any atom is 0.164 e. The fourth-order valence-corrected chi connectivity index (χ4v) is 1.88. The summed E-state index contributed by atoms with van der Waals surface area (Å²) in [5.74, 6) is 0.187. The minimum atomic E-state index is -0.752. The van der Waals surface area contributed by atoms with E-state index in [2.05, 4.69) is 0 Å². The normalized spacial score (nSPS) is 26.2. The van der Waals surface area contributed by atoms with Crippen molar-refractivity contribution in [1.82, 2.24) is 0 Å². The van der Waals surface area contributed by atoms with Gasteiger partial charge in [0.15, 0.2) is 11.6 Å². The molecular weight excluding hydrogens is 232 g/mol. The van der Waals surface area contributed by atoms with Gasteiger partial charge < -0.3 is 9.47 Å². The van der Waals surface area contributed by atoms with E-state index >= 15 is 0 Å². The molecule has 0 bridgehead atoms. The van der Waals surface area contributed by atoms with Crippen LogP contribution < -0.4 is 0 Å². The molecule has 1 fully saturated rings. The van der Waals surface area contributed by atoms with Crippen LogP contribution in [0.2, 0.25) is 0 Å². The smallest absolute Gasteiger partial charge is 0.164 e. The van der Waals surface area contributed by atoms with Crippen LogP contribution in [-0.2, 0) is 19.1 Å². The second kappa shape index (κ2) is 5.93. The quantitative estimate of drug-likeness (QED) is 0.667. The van der Waals surface area contributed by atoms with Crippen LogP contribution in [0.1, 0.15) is 53.4 Å². The number of hydrogen-bond acceptors (Lipinski definition) is 4. The highest BCUT2D eigenvalue weighted by Crippen LogP contribution is 2.19. The van der Waals surface area contributed by atoms with Crippen molar-refractivity contribution >= 4 is 11.6 Å². The zero-order valence-corrected chi connectivity index (χ0v) is 11.9. The van der Waals surface area contributed by atoms with E-state index in [0.717, 1.165) is 0 Å². The summed E-state index contributed by atoms with van der Waals surface area (Å²) in [6.07, 6.45) is 2.11. The first-order valence-corrected chi connectivity index (χ1v) is 6.60. The Morgan fingerprint density at radius 1 is 0.778 bits per heavy atom. The Hall–Kier alpha value is -0.740. The first-order valence-electron chi connectivity index (χ1n) is 6.60. The Balaban J connectivity index is 2.66. The molecule has 0 aliphatic carbocycles. The molecule has 4 nitrogen and oxygen atoms in total. The summed E-state index contributed by atoms with van der Waals surface area (Å²) >= 11 is 0. The van der Waals surface area contributed by atoms with E-state index < -0.39 is 11.2 Å². The third kappa shape index (κ3) is 4.18. The van der Waals surface area contributed by atoms with E-state index in [1.807, 2.05) is 0 Å². The number of rotatable bonds is 0. The molecule has 0 radical (unpaired) electrons. The molecule has 0 aromatic rings. The van der Waals surface area contributed by atoms with Crippen molar-refractivity contribution < 1.29 is 19.1 Å². The number of carbonyl (C=O) groups excluding carboxylic acids is 2. The van der Waals surface area contributed by atoms with Crippen molar-refractivity contribution in [2.24, 2.45) is 0 Å². The van der Waals surface area contributed by atoms with Crippen LogP contribution in [-0.4, -0.2) is 36.0 Å². The van der Waals surface area contributed by atoms with Gasteiger partial charge in [-0.1, -0.05) is 0 Å². The molecule has 1 saturated heterocycles. The van der Waals surface area contributed by atoms with Crippen LogP contribution in [0.3, 0.4) is 0 Å². The second-order valence-electron chi connectivity index (χ2n) is 5.77. The van der Waals surface area contributed by atoms with Crippen molar-refractivity contribution in [1.29, 1.82) is 0 Å². The minimum absolute atomic E-state index is 0.0933. The van der Waals surface area contributed by atoms with Gasteiger partial charge in [-0.15, -0.1) is 0 Å². The van der Waals surface area contributed by atoms with E-state index in [0.29, 0.717) is 38.9 Å². The zero-order chi connectivity index (χ0) is 13.8.